The maximum atomic E-state index is 13.2. The van der Waals surface area contributed by atoms with Crippen LogP contribution >= 0.6 is 0 Å². The average molecular weight is 408 g/mol. The second-order valence-electron chi connectivity index (χ2n) is 8.97. The number of hydrogen-bond acceptors (Lipinski definition) is 4. The molecule has 0 radical (unpaired) electrons. The fourth-order valence-electron chi connectivity index (χ4n) is 4.03. The quantitative estimate of drug-likeness (QED) is 0.831. The summed E-state index contributed by atoms with van der Waals surface area (Å²) in [5, 5.41) is 2.97. The second-order valence-corrected chi connectivity index (χ2v) is 10.9. The van der Waals surface area contributed by atoms with Gasteiger partial charge >= 0.3 is 0 Å². The summed E-state index contributed by atoms with van der Waals surface area (Å²) < 4.78 is 27.9. The summed E-state index contributed by atoms with van der Waals surface area (Å²) in [6.45, 7) is 8.40. The molecule has 1 heterocycles. The van der Waals surface area contributed by atoms with E-state index in [4.69, 9.17) is 0 Å². The molecular weight excluding hydrogens is 374 g/mol. The highest BCUT2D eigenvalue weighted by molar-refractivity contribution is 7.89. The van der Waals surface area contributed by atoms with E-state index in [1.54, 1.807) is 10.4 Å². The van der Waals surface area contributed by atoms with Crippen molar-refractivity contribution in [1.29, 1.82) is 0 Å². The zero-order chi connectivity index (χ0) is 20.4. The largest absolute Gasteiger partial charge is 0.350 e. The van der Waals surface area contributed by atoms with E-state index in [0.29, 0.717) is 31.1 Å². The minimum atomic E-state index is -3.49. The summed E-state index contributed by atoms with van der Waals surface area (Å²) in [6, 6.07) is 5.63. The van der Waals surface area contributed by atoms with Gasteiger partial charge in [0.1, 0.15) is 0 Å². The number of benzene rings is 1. The molecule has 1 saturated heterocycles. The average Bonchev–Trinajstić information content (AvgIpc) is 2.85. The van der Waals surface area contributed by atoms with Crippen molar-refractivity contribution in [3.63, 3.8) is 0 Å². The van der Waals surface area contributed by atoms with Crippen molar-refractivity contribution in [2.75, 3.05) is 32.7 Å². The molecule has 0 bridgehead atoms. The molecule has 0 unspecified atom stereocenters. The number of carbonyl (C=O) groups is 1. The molecule has 156 valence electrons. The van der Waals surface area contributed by atoms with Crippen LogP contribution in [-0.2, 0) is 27.7 Å². The predicted molar refractivity (Wildman–Crippen MR) is 111 cm³/mol. The first kappa shape index (κ1) is 21.3. The normalized spacial score (nSPS) is 19.7. The minimum Gasteiger partial charge on any atom is -0.350 e. The Bertz CT molecular complexity index is 815. The van der Waals surface area contributed by atoms with Gasteiger partial charge in [0.15, 0.2) is 0 Å². The van der Waals surface area contributed by atoms with Crippen LogP contribution in [0.3, 0.4) is 0 Å². The molecule has 6 nitrogen and oxygen atoms in total. The van der Waals surface area contributed by atoms with Gasteiger partial charge in [-0.15, -0.1) is 0 Å². The van der Waals surface area contributed by atoms with Gasteiger partial charge in [-0.25, -0.2) is 8.42 Å². The smallest absolute Gasteiger partial charge is 0.243 e. The first-order valence-corrected chi connectivity index (χ1v) is 11.7. The van der Waals surface area contributed by atoms with Crippen LogP contribution in [0.5, 0.6) is 0 Å². The zero-order valence-electron chi connectivity index (χ0n) is 17.3. The van der Waals surface area contributed by atoms with E-state index in [0.717, 1.165) is 32.2 Å². The van der Waals surface area contributed by atoms with E-state index in [2.05, 4.69) is 5.32 Å². The van der Waals surface area contributed by atoms with E-state index >= 15 is 0 Å². The molecule has 1 aliphatic heterocycles. The van der Waals surface area contributed by atoms with Crippen LogP contribution in [0.2, 0.25) is 0 Å². The van der Waals surface area contributed by atoms with Crippen LogP contribution in [0.1, 0.15) is 51.2 Å². The SMILES string of the molecule is CC(C)(C)NC(=O)CN1CCCN(S(=O)(=O)c2ccc3c(c2)CCCC3)CC1. The Morgan fingerprint density at radius 1 is 1.00 bits per heavy atom. The van der Waals surface area contributed by atoms with E-state index < -0.39 is 10.0 Å². The lowest BCUT2D eigenvalue weighted by molar-refractivity contribution is -0.123. The second kappa shape index (κ2) is 8.51. The van der Waals surface area contributed by atoms with Crippen molar-refractivity contribution < 1.29 is 13.2 Å². The number of nitrogens with one attached hydrogen (secondary N) is 1. The maximum absolute atomic E-state index is 13.2. The molecule has 1 amide bonds. The molecule has 0 aromatic heterocycles. The number of hydrogen-bond donors (Lipinski definition) is 1. The first-order valence-electron chi connectivity index (χ1n) is 10.3. The lowest BCUT2D eigenvalue weighted by atomic mass is 9.92. The molecule has 0 saturated carbocycles. The molecule has 1 N–H and O–H groups in total. The Kier molecular flexibility index (Phi) is 6.47. The van der Waals surface area contributed by atoms with Crippen molar-refractivity contribution >= 4 is 15.9 Å². The van der Waals surface area contributed by atoms with Crippen molar-refractivity contribution in [2.45, 2.75) is 63.3 Å². The van der Waals surface area contributed by atoms with Gasteiger partial charge in [0, 0.05) is 25.2 Å². The third-order valence-electron chi connectivity index (χ3n) is 5.39. The van der Waals surface area contributed by atoms with E-state index in [1.807, 2.05) is 37.8 Å². The van der Waals surface area contributed by atoms with Gasteiger partial charge in [-0.05, 0) is 82.7 Å². The van der Waals surface area contributed by atoms with Crippen molar-refractivity contribution in [3.05, 3.63) is 29.3 Å². The molecule has 2 aliphatic rings. The van der Waals surface area contributed by atoms with E-state index in [-0.39, 0.29) is 11.4 Å². The molecule has 3 rings (SSSR count). The molecule has 0 spiro atoms. The molecule has 7 heteroatoms. The Morgan fingerprint density at radius 2 is 1.71 bits per heavy atom. The lowest BCUT2D eigenvalue weighted by Crippen LogP contribution is -2.46. The van der Waals surface area contributed by atoms with Crippen LogP contribution < -0.4 is 5.32 Å². The summed E-state index contributed by atoms with van der Waals surface area (Å²) in [4.78, 5) is 14.6. The van der Waals surface area contributed by atoms with Crippen LogP contribution in [0, 0.1) is 0 Å². The Balaban J connectivity index is 1.65. The molecule has 1 aromatic rings. The standard InChI is InChI=1S/C21H33N3O3S/c1-21(2,3)22-20(25)16-23-11-6-12-24(14-13-23)28(26,27)19-10-9-17-7-4-5-8-18(17)15-19/h9-10,15H,4-8,11-14,16H2,1-3H3,(H,22,25). The van der Waals surface area contributed by atoms with Crippen LogP contribution in [0.4, 0.5) is 0 Å². The van der Waals surface area contributed by atoms with Crippen LogP contribution in [0.25, 0.3) is 0 Å². The molecule has 28 heavy (non-hydrogen) atoms. The van der Waals surface area contributed by atoms with Gasteiger partial charge in [0.2, 0.25) is 15.9 Å². The molecule has 1 aromatic carbocycles. The number of amides is 1. The summed E-state index contributed by atoms with van der Waals surface area (Å²) in [5.74, 6) is -0.0153. The van der Waals surface area contributed by atoms with E-state index in [1.165, 1.54) is 17.5 Å². The summed E-state index contributed by atoms with van der Waals surface area (Å²) in [5.41, 5.74) is 2.21. The Morgan fingerprint density at radius 3 is 2.43 bits per heavy atom. The van der Waals surface area contributed by atoms with Crippen molar-refractivity contribution in [1.82, 2.24) is 14.5 Å². The third kappa shape index (κ3) is 5.33. The highest BCUT2D eigenvalue weighted by Crippen LogP contribution is 2.26. The van der Waals surface area contributed by atoms with Crippen molar-refractivity contribution in [3.8, 4) is 0 Å². The molecule has 1 fully saturated rings. The van der Waals surface area contributed by atoms with Crippen LogP contribution in [-0.4, -0.2) is 61.8 Å². The monoisotopic (exact) mass is 407 g/mol. The fourth-order valence-corrected chi connectivity index (χ4v) is 5.55. The summed E-state index contributed by atoms with van der Waals surface area (Å²) >= 11 is 0. The minimum absolute atomic E-state index is 0.0153. The van der Waals surface area contributed by atoms with E-state index in [9.17, 15) is 13.2 Å². The topological polar surface area (TPSA) is 69.7 Å². The zero-order valence-corrected chi connectivity index (χ0v) is 18.1. The number of sulfonamides is 1. The molecule has 0 atom stereocenters. The van der Waals surface area contributed by atoms with Gasteiger partial charge in [-0.2, -0.15) is 4.31 Å². The predicted octanol–water partition coefficient (Wildman–Crippen LogP) is 2.18. The Hall–Kier alpha value is -1.44. The highest BCUT2D eigenvalue weighted by atomic mass is 32.2. The fraction of sp³-hybridized carbons (Fsp3) is 0.667. The maximum Gasteiger partial charge on any atom is 0.243 e. The number of fused-ring (bicyclic) bond motifs is 1. The number of rotatable bonds is 4. The van der Waals surface area contributed by atoms with Gasteiger partial charge < -0.3 is 5.32 Å². The van der Waals surface area contributed by atoms with Gasteiger partial charge in [-0.1, -0.05) is 6.07 Å². The highest BCUT2D eigenvalue weighted by Gasteiger charge is 2.28. The van der Waals surface area contributed by atoms with Crippen molar-refractivity contribution in [2.24, 2.45) is 0 Å². The summed E-state index contributed by atoms with van der Waals surface area (Å²) in [7, 11) is -3.49. The van der Waals surface area contributed by atoms with Crippen LogP contribution in [0.15, 0.2) is 23.1 Å². The van der Waals surface area contributed by atoms with Gasteiger partial charge in [-0.3, -0.25) is 9.69 Å². The molecular formula is C21H33N3O3S. The van der Waals surface area contributed by atoms with Gasteiger partial charge in [0.05, 0.1) is 11.4 Å². The lowest BCUT2D eigenvalue weighted by Gasteiger charge is -2.25. The third-order valence-corrected chi connectivity index (χ3v) is 7.28. The summed E-state index contributed by atoms with van der Waals surface area (Å²) in [6.07, 6.45) is 5.06. The first-order chi connectivity index (χ1) is 13.1. The Labute approximate surface area is 169 Å². The number of aryl methyl sites for hydroxylation is 2. The van der Waals surface area contributed by atoms with Gasteiger partial charge in [0.25, 0.3) is 0 Å². The number of carbonyl (C=O) groups excluding carboxylic acids is 1. The number of nitrogens with zero attached hydrogens (tertiary/aromatic N) is 2. The molecule has 1 aliphatic carbocycles.